The Morgan fingerprint density at radius 3 is 1.22 bits per heavy atom. The minimum atomic E-state index is 0.684. The highest BCUT2D eigenvalue weighted by molar-refractivity contribution is 5.34. The third-order valence-electron chi connectivity index (χ3n) is 4.72. The summed E-state index contributed by atoms with van der Waals surface area (Å²) in [6, 6.07) is 22.0. The van der Waals surface area contributed by atoms with Crippen LogP contribution in [0.2, 0.25) is 0 Å². The molecule has 0 heterocycles. The number of benzene rings is 2. The molecule has 2 aromatic rings. The summed E-state index contributed by atoms with van der Waals surface area (Å²) < 4.78 is 0. The average molecular weight is 236 g/mol. The van der Waals surface area contributed by atoms with E-state index < -0.39 is 0 Å². The van der Waals surface area contributed by atoms with E-state index in [9.17, 15) is 0 Å². The first-order chi connectivity index (χ1) is 8.79. The fourth-order valence-corrected chi connectivity index (χ4v) is 3.53. The molecule has 0 amide bonds. The average Bonchev–Trinajstić information content (AvgIpc) is 2.45. The molecule has 0 N–H and O–H groups in total. The van der Waals surface area contributed by atoms with Crippen molar-refractivity contribution >= 4 is 0 Å². The predicted molar refractivity (Wildman–Crippen MR) is 76.7 cm³/mol. The fraction of sp³-hybridized carbons (Fsp3) is 0.333. The van der Waals surface area contributed by atoms with Crippen LogP contribution in [0, 0.1) is 11.8 Å². The lowest BCUT2D eigenvalue weighted by Crippen LogP contribution is -2.39. The minimum absolute atomic E-state index is 0.684. The topological polar surface area (TPSA) is 0 Å². The molecule has 0 aliphatic heterocycles. The van der Waals surface area contributed by atoms with E-state index in [-0.39, 0.29) is 0 Å². The van der Waals surface area contributed by atoms with Crippen molar-refractivity contribution in [2.75, 3.05) is 0 Å². The third kappa shape index (κ3) is 1.77. The first-order valence-corrected chi connectivity index (χ1v) is 6.89. The molecule has 4 atom stereocenters. The summed E-state index contributed by atoms with van der Waals surface area (Å²) in [5, 5.41) is 0. The monoisotopic (exact) mass is 236 g/mol. The van der Waals surface area contributed by atoms with E-state index in [2.05, 4.69) is 74.5 Å². The molecule has 1 aliphatic rings. The van der Waals surface area contributed by atoms with Gasteiger partial charge in [0.2, 0.25) is 0 Å². The van der Waals surface area contributed by atoms with Crippen LogP contribution in [0.5, 0.6) is 0 Å². The van der Waals surface area contributed by atoms with Crippen LogP contribution < -0.4 is 0 Å². The smallest absolute Gasteiger partial charge is 0.00620 e. The van der Waals surface area contributed by atoms with Crippen LogP contribution in [0.3, 0.4) is 0 Å². The molecule has 3 rings (SSSR count). The normalized spacial score (nSPS) is 30.8. The zero-order valence-corrected chi connectivity index (χ0v) is 11.1. The maximum Gasteiger partial charge on any atom is -0.00620 e. The summed E-state index contributed by atoms with van der Waals surface area (Å²) in [6.45, 7) is 4.78. The third-order valence-corrected chi connectivity index (χ3v) is 4.72. The van der Waals surface area contributed by atoms with E-state index in [1.54, 1.807) is 0 Å². The van der Waals surface area contributed by atoms with Gasteiger partial charge in [-0.3, -0.25) is 0 Å². The van der Waals surface area contributed by atoms with Gasteiger partial charge in [0.1, 0.15) is 0 Å². The lowest BCUT2D eigenvalue weighted by atomic mass is 9.54. The van der Waals surface area contributed by atoms with Gasteiger partial charge in [-0.25, -0.2) is 0 Å². The summed E-state index contributed by atoms with van der Waals surface area (Å²) >= 11 is 0. The molecule has 1 fully saturated rings. The van der Waals surface area contributed by atoms with Gasteiger partial charge < -0.3 is 0 Å². The largest absolute Gasteiger partial charge is 0.0622 e. The van der Waals surface area contributed by atoms with Gasteiger partial charge in [-0.05, 0) is 34.8 Å². The molecule has 1 aliphatic carbocycles. The Hall–Kier alpha value is -1.56. The Bertz CT molecular complexity index is 451. The van der Waals surface area contributed by atoms with Crippen molar-refractivity contribution in [3.05, 3.63) is 71.8 Å². The van der Waals surface area contributed by atoms with Crippen LogP contribution in [0.4, 0.5) is 0 Å². The molecule has 0 nitrogen and oxygen atoms in total. The predicted octanol–water partition coefficient (Wildman–Crippen LogP) is 4.84. The molecule has 2 aromatic carbocycles. The van der Waals surface area contributed by atoms with Crippen LogP contribution in [0.25, 0.3) is 0 Å². The summed E-state index contributed by atoms with van der Waals surface area (Å²) in [7, 11) is 0. The fourth-order valence-electron chi connectivity index (χ4n) is 3.53. The second-order valence-electron chi connectivity index (χ2n) is 5.59. The zero-order chi connectivity index (χ0) is 12.5. The van der Waals surface area contributed by atoms with Crippen LogP contribution in [-0.2, 0) is 0 Å². The van der Waals surface area contributed by atoms with Crippen molar-refractivity contribution in [1.29, 1.82) is 0 Å². The summed E-state index contributed by atoms with van der Waals surface area (Å²) in [4.78, 5) is 0. The molecule has 0 radical (unpaired) electrons. The van der Waals surface area contributed by atoms with Gasteiger partial charge in [-0.2, -0.15) is 0 Å². The van der Waals surface area contributed by atoms with Crippen LogP contribution >= 0.6 is 0 Å². The zero-order valence-electron chi connectivity index (χ0n) is 11.1. The maximum atomic E-state index is 2.39. The van der Waals surface area contributed by atoms with Gasteiger partial charge in [0.05, 0.1) is 0 Å². The number of hydrogen-bond donors (Lipinski definition) is 0. The van der Waals surface area contributed by atoms with Crippen LogP contribution in [0.15, 0.2) is 60.7 Å². The molecule has 0 heteroatoms. The van der Waals surface area contributed by atoms with E-state index >= 15 is 0 Å². The van der Waals surface area contributed by atoms with Crippen molar-refractivity contribution in [1.82, 2.24) is 0 Å². The molecule has 92 valence electrons. The Morgan fingerprint density at radius 2 is 0.889 bits per heavy atom. The maximum absolute atomic E-state index is 2.39. The van der Waals surface area contributed by atoms with Gasteiger partial charge >= 0.3 is 0 Å². The molecule has 0 bridgehead atoms. The number of rotatable bonds is 2. The lowest BCUT2D eigenvalue weighted by Gasteiger charge is -2.50. The minimum Gasteiger partial charge on any atom is -0.0622 e. The second-order valence-corrected chi connectivity index (χ2v) is 5.59. The van der Waals surface area contributed by atoms with E-state index in [1.807, 2.05) is 0 Å². The van der Waals surface area contributed by atoms with Crippen molar-refractivity contribution in [3.63, 3.8) is 0 Å². The molecule has 0 unspecified atom stereocenters. The highest BCUT2D eigenvalue weighted by Gasteiger charge is 2.46. The summed E-state index contributed by atoms with van der Waals surface area (Å²) in [5.41, 5.74) is 2.99. The Balaban J connectivity index is 1.94. The van der Waals surface area contributed by atoms with E-state index in [1.165, 1.54) is 11.1 Å². The van der Waals surface area contributed by atoms with Crippen molar-refractivity contribution < 1.29 is 0 Å². The molecular formula is C18H20. The van der Waals surface area contributed by atoms with Crippen molar-refractivity contribution in [2.45, 2.75) is 25.7 Å². The van der Waals surface area contributed by atoms with E-state index in [0.717, 1.165) is 11.8 Å². The summed E-state index contributed by atoms with van der Waals surface area (Å²) in [5.74, 6) is 2.92. The Labute approximate surface area is 110 Å². The first-order valence-electron chi connectivity index (χ1n) is 6.89. The standard InChI is InChI=1S/C18H20/c1-13-14(2)18(16-11-7-4-8-12-16)17(13)15-9-5-3-6-10-15/h3-14,17-18H,1-2H3/t13-,14-,17-,18-/m0/s1. The highest BCUT2D eigenvalue weighted by atomic mass is 14.5. The Kier molecular flexibility index (Phi) is 2.95. The van der Waals surface area contributed by atoms with Gasteiger partial charge in [0.25, 0.3) is 0 Å². The van der Waals surface area contributed by atoms with Crippen molar-refractivity contribution in [3.8, 4) is 0 Å². The van der Waals surface area contributed by atoms with Gasteiger partial charge in [0, 0.05) is 0 Å². The molecule has 0 aromatic heterocycles. The van der Waals surface area contributed by atoms with Gasteiger partial charge in [-0.1, -0.05) is 74.5 Å². The SMILES string of the molecule is C[C@H]1[C@H](C)[C@@H](c2ccccc2)[C@@H]1c1ccccc1. The quantitative estimate of drug-likeness (QED) is 0.700. The molecular weight excluding hydrogens is 216 g/mol. The Morgan fingerprint density at radius 1 is 0.556 bits per heavy atom. The first kappa shape index (κ1) is 11.5. The number of hydrogen-bond acceptors (Lipinski definition) is 0. The second kappa shape index (κ2) is 4.61. The van der Waals surface area contributed by atoms with Crippen LogP contribution in [-0.4, -0.2) is 0 Å². The lowest BCUT2D eigenvalue weighted by molar-refractivity contribution is 0.123. The van der Waals surface area contributed by atoms with Gasteiger partial charge in [0.15, 0.2) is 0 Å². The van der Waals surface area contributed by atoms with Crippen LogP contribution in [0.1, 0.15) is 36.8 Å². The summed E-state index contributed by atoms with van der Waals surface area (Å²) in [6.07, 6.45) is 0. The molecule has 0 saturated heterocycles. The van der Waals surface area contributed by atoms with E-state index in [4.69, 9.17) is 0 Å². The highest BCUT2D eigenvalue weighted by Crippen LogP contribution is 2.57. The van der Waals surface area contributed by atoms with Crippen molar-refractivity contribution in [2.24, 2.45) is 11.8 Å². The van der Waals surface area contributed by atoms with Gasteiger partial charge in [-0.15, -0.1) is 0 Å². The molecule has 18 heavy (non-hydrogen) atoms. The van der Waals surface area contributed by atoms with E-state index in [0.29, 0.717) is 11.8 Å². The molecule has 1 saturated carbocycles. The molecule has 0 spiro atoms.